The van der Waals surface area contributed by atoms with E-state index >= 15 is 0 Å². The van der Waals surface area contributed by atoms with E-state index in [0.29, 0.717) is 17.1 Å². The fraction of sp³-hybridized carbons (Fsp3) is 0.414. The van der Waals surface area contributed by atoms with Crippen molar-refractivity contribution >= 4 is 11.7 Å². The first-order valence-electron chi connectivity index (χ1n) is 13.0. The van der Waals surface area contributed by atoms with E-state index in [4.69, 9.17) is 0 Å². The van der Waals surface area contributed by atoms with Crippen LogP contribution in [-0.4, -0.2) is 46.0 Å². The average Bonchev–Trinajstić information content (AvgIpc) is 3.55. The Balaban J connectivity index is 1.44. The number of nitrogens with zero attached hydrogens (tertiary/aromatic N) is 3. The highest BCUT2D eigenvalue weighted by atomic mass is 16.2. The van der Waals surface area contributed by atoms with Gasteiger partial charge in [-0.25, -0.2) is 4.98 Å². The van der Waals surface area contributed by atoms with Gasteiger partial charge in [-0.3, -0.25) is 14.2 Å². The summed E-state index contributed by atoms with van der Waals surface area (Å²) in [6.45, 7) is 7.41. The summed E-state index contributed by atoms with van der Waals surface area (Å²) in [7, 11) is 0. The number of amides is 1. The van der Waals surface area contributed by atoms with E-state index in [9.17, 15) is 9.59 Å². The number of hydrogen-bond donors (Lipinski definition) is 2. The topological polar surface area (TPSA) is 79.3 Å². The molecule has 188 valence electrons. The van der Waals surface area contributed by atoms with Crippen molar-refractivity contribution < 1.29 is 4.79 Å². The maximum absolute atomic E-state index is 13.7. The molecule has 1 saturated carbocycles. The van der Waals surface area contributed by atoms with Crippen molar-refractivity contribution in [3.63, 3.8) is 0 Å². The third-order valence-electron chi connectivity index (χ3n) is 7.25. The number of rotatable bonds is 9. The summed E-state index contributed by atoms with van der Waals surface area (Å²) < 4.78 is 1.59. The highest BCUT2D eigenvalue weighted by Gasteiger charge is 2.26. The van der Waals surface area contributed by atoms with Crippen molar-refractivity contribution in [2.75, 3.05) is 25.0 Å². The lowest BCUT2D eigenvalue weighted by Crippen LogP contribution is -2.33. The minimum atomic E-state index is -0.227. The number of carbonyl (C=O) groups is 1. The smallest absolute Gasteiger partial charge is 0.297 e. The molecule has 2 heterocycles. The Bertz CT molecular complexity index is 1260. The van der Waals surface area contributed by atoms with E-state index < -0.39 is 0 Å². The van der Waals surface area contributed by atoms with E-state index in [1.807, 2.05) is 37.3 Å². The van der Waals surface area contributed by atoms with Crippen LogP contribution >= 0.6 is 0 Å². The molecule has 3 aromatic rings. The zero-order valence-electron chi connectivity index (χ0n) is 21.1. The summed E-state index contributed by atoms with van der Waals surface area (Å²) >= 11 is 0. The van der Waals surface area contributed by atoms with Crippen LogP contribution in [0.1, 0.15) is 60.1 Å². The molecule has 0 radical (unpaired) electrons. The first-order valence-corrected chi connectivity index (χ1v) is 13.0. The van der Waals surface area contributed by atoms with E-state index in [0.717, 1.165) is 43.6 Å². The standard InChI is InChI=1S/C29H35N5O2/c1-20-10-11-23(28(35)31-24-12-13-24)18-25(20)34-17-14-30-27(29(34)36)32-26(22-8-4-3-5-9-22)21(2)19-33-15-6-7-16-33/h3-5,8-11,14,17-18,21,24,26H,6-7,12-13,15-16,19H2,1-2H3,(H,30,32)(H,31,35)/t21-,26-/m1/s1. The van der Waals surface area contributed by atoms with Crippen LogP contribution < -0.4 is 16.2 Å². The van der Waals surface area contributed by atoms with Gasteiger partial charge < -0.3 is 15.5 Å². The van der Waals surface area contributed by atoms with Crippen LogP contribution in [0.3, 0.4) is 0 Å². The summed E-state index contributed by atoms with van der Waals surface area (Å²) in [5.41, 5.74) is 3.07. The van der Waals surface area contributed by atoms with E-state index in [1.165, 1.54) is 12.8 Å². The third kappa shape index (κ3) is 5.51. The van der Waals surface area contributed by atoms with E-state index in [2.05, 4.69) is 39.6 Å². The van der Waals surface area contributed by atoms with Crippen LogP contribution in [0.25, 0.3) is 5.69 Å². The Morgan fingerprint density at radius 1 is 1.11 bits per heavy atom. The average molecular weight is 486 g/mol. The number of aryl methyl sites for hydroxylation is 1. The Hall–Kier alpha value is -3.45. The van der Waals surface area contributed by atoms with Crippen molar-refractivity contribution in [2.24, 2.45) is 5.92 Å². The molecule has 7 nitrogen and oxygen atoms in total. The maximum Gasteiger partial charge on any atom is 0.297 e. The molecular formula is C29H35N5O2. The predicted octanol–water partition coefficient (Wildman–Crippen LogP) is 4.32. The van der Waals surface area contributed by atoms with Gasteiger partial charge in [-0.05, 0) is 74.9 Å². The first kappa shape index (κ1) is 24.3. The normalized spacial score (nSPS) is 17.5. The van der Waals surface area contributed by atoms with Gasteiger partial charge in [0.1, 0.15) is 0 Å². The number of aromatic nitrogens is 2. The summed E-state index contributed by atoms with van der Waals surface area (Å²) in [6, 6.07) is 16.0. The van der Waals surface area contributed by atoms with Crippen LogP contribution in [0.15, 0.2) is 65.7 Å². The highest BCUT2D eigenvalue weighted by molar-refractivity contribution is 5.95. The summed E-state index contributed by atoms with van der Waals surface area (Å²) in [5, 5.41) is 6.51. The van der Waals surface area contributed by atoms with Gasteiger partial charge in [-0.1, -0.05) is 43.3 Å². The molecule has 1 saturated heterocycles. The second kappa shape index (κ2) is 10.7. The van der Waals surface area contributed by atoms with Gasteiger partial charge in [0.05, 0.1) is 11.7 Å². The molecule has 2 fully saturated rings. The Labute approximate surface area is 212 Å². The molecule has 2 aromatic carbocycles. The first-order chi connectivity index (χ1) is 17.5. The number of hydrogen-bond acceptors (Lipinski definition) is 5. The van der Waals surface area contributed by atoms with E-state index in [1.54, 1.807) is 23.0 Å². The molecule has 1 aliphatic heterocycles. The summed E-state index contributed by atoms with van der Waals surface area (Å²) in [5.74, 6) is 0.488. The molecule has 1 aromatic heterocycles. The molecule has 1 aliphatic carbocycles. The van der Waals surface area contributed by atoms with Crippen molar-refractivity contribution in [2.45, 2.75) is 51.6 Å². The monoisotopic (exact) mass is 485 g/mol. The van der Waals surface area contributed by atoms with Crippen molar-refractivity contribution in [1.82, 2.24) is 19.8 Å². The molecule has 2 N–H and O–H groups in total. The molecule has 2 atom stereocenters. The number of anilines is 1. The van der Waals surface area contributed by atoms with Gasteiger partial charge in [0.15, 0.2) is 5.82 Å². The van der Waals surface area contributed by atoms with Crippen molar-refractivity contribution in [3.05, 3.63) is 88.0 Å². The number of likely N-dealkylation sites (tertiary alicyclic amines) is 1. The van der Waals surface area contributed by atoms with E-state index in [-0.39, 0.29) is 29.5 Å². The SMILES string of the molecule is Cc1ccc(C(=O)NC2CC2)cc1-n1ccnc(N[C@@H](c2ccccc2)[C@H](C)CN2CCCC2)c1=O. The fourth-order valence-corrected chi connectivity index (χ4v) is 5.05. The Kier molecular flexibility index (Phi) is 7.18. The molecule has 0 unspecified atom stereocenters. The molecule has 2 aliphatic rings. The van der Waals surface area contributed by atoms with Gasteiger partial charge in [-0.2, -0.15) is 0 Å². The molecule has 7 heteroatoms. The lowest BCUT2D eigenvalue weighted by atomic mass is 9.94. The van der Waals surface area contributed by atoms with Crippen molar-refractivity contribution in [3.8, 4) is 5.69 Å². The van der Waals surface area contributed by atoms with Gasteiger partial charge in [0.25, 0.3) is 11.5 Å². The summed E-state index contributed by atoms with van der Waals surface area (Å²) in [6.07, 6.45) is 7.87. The number of benzene rings is 2. The lowest BCUT2D eigenvalue weighted by Gasteiger charge is -2.29. The maximum atomic E-state index is 13.7. The molecule has 5 rings (SSSR count). The zero-order chi connectivity index (χ0) is 25.1. The molecule has 0 bridgehead atoms. The quantitative estimate of drug-likeness (QED) is 0.472. The third-order valence-corrected chi connectivity index (χ3v) is 7.25. The van der Waals surface area contributed by atoms with Crippen LogP contribution in [0, 0.1) is 12.8 Å². The molecule has 36 heavy (non-hydrogen) atoms. The number of nitrogens with one attached hydrogen (secondary N) is 2. The lowest BCUT2D eigenvalue weighted by molar-refractivity contribution is 0.0951. The second-order valence-corrected chi connectivity index (χ2v) is 10.2. The van der Waals surface area contributed by atoms with Gasteiger partial charge >= 0.3 is 0 Å². The minimum absolute atomic E-state index is 0.0559. The summed E-state index contributed by atoms with van der Waals surface area (Å²) in [4.78, 5) is 33.2. The molecular weight excluding hydrogens is 450 g/mol. The Morgan fingerprint density at radius 3 is 2.58 bits per heavy atom. The van der Waals surface area contributed by atoms with Gasteiger partial charge in [0, 0.05) is 30.5 Å². The number of carbonyl (C=O) groups excluding carboxylic acids is 1. The zero-order valence-corrected chi connectivity index (χ0v) is 21.1. The highest BCUT2D eigenvalue weighted by Crippen LogP contribution is 2.27. The van der Waals surface area contributed by atoms with Crippen LogP contribution in [-0.2, 0) is 0 Å². The second-order valence-electron chi connectivity index (χ2n) is 10.2. The predicted molar refractivity (Wildman–Crippen MR) is 143 cm³/mol. The molecule has 1 amide bonds. The van der Waals surface area contributed by atoms with Crippen LogP contribution in [0.2, 0.25) is 0 Å². The van der Waals surface area contributed by atoms with Crippen LogP contribution in [0.4, 0.5) is 5.82 Å². The largest absolute Gasteiger partial charge is 0.358 e. The van der Waals surface area contributed by atoms with Crippen LogP contribution in [0.5, 0.6) is 0 Å². The Morgan fingerprint density at radius 2 is 1.86 bits per heavy atom. The van der Waals surface area contributed by atoms with Gasteiger partial charge in [0.2, 0.25) is 0 Å². The van der Waals surface area contributed by atoms with Gasteiger partial charge in [-0.15, -0.1) is 0 Å². The molecule has 0 spiro atoms. The fourth-order valence-electron chi connectivity index (χ4n) is 5.05. The van der Waals surface area contributed by atoms with Crippen molar-refractivity contribution in [1.29, 1.82) is 0 Å². The minimum Gasteiger partial charge on any atom is -0.358 e.